The number of nitrogens with one attached hydrogen (secondary N) is 1. The molecule has 19 heavy (non-hydrogen) atoms. The molecule has 0 aliphatic rings. The van der Waals surface area contributed by atoms with Crippen LogP contribution < -0.4 is 5.32 Å². The highest BCUT2D eigenvalue weighted by Crippen LogP contribution is 2.18. The summed E-state index contributed by atoms with van der Waals surface area (Å²) in [7, 11) is 0. The van der Waals surface area contributed by atoms with Crippen LogP contribution in [0.5, 0.6) is 0 Å². The van der Waals surface area contributed by atoms with Crippen molar-refractivity contribution < 1.29 is 4.92 Å². The summed E-state index contributed by atoms with van der Waals surface area (Å²) in [6.45, 7) is 3.05. The number of rotatable bonds is 5. The van der Waals surface area contributed by atoms with Crippen LogP contribution in [-0.2, 0) is 6.54 Å². The third-order valence-corrected chi connectivity index (χ3v) is 2.76. The van der Waals surface area contributed by atoms with E-state index in [1.165, 1.54) is 12.5 Å². The van der Waals surface area contributed by atoms with Gasteiger partial charge < -0.3 is 20.0 Å². The van der Waals surface area contributed by atoms with E-state index in [1.807, 2.05) is 6.92 Å². The molecule has 0 bridgehead atoms. The van der Waals surface area contributed by atoms with Crippen LogP contribution in [0.25, 0.3) is 0 Å². The summed E-state index contributed by atoms with van der Waals surface area (Å²) in [5, 5.41) is 14.1. The smallest absolute Gasteiger partial charge is 0.370 e. The lowest BCUT2D eigenvalue weighted by Crippen LogP contribution is -2.05. The van der Waals surface area contributed by atoms with E-state index in [9.17, 15) is 10.1 Å². The zero-order valence-electron chi connectivity index (χ0n) is 10.2. The SMILES string of the molecule is CCNc1ccc(Cl)c(Cn2cnc([N+](=O)[O-])c2)n1. The van der Waals surface area contributed by atoms with Gasteiger partial charge in [-0.2, -0.15) is 0 Å². The summed E-state index contributed by atoms with van der Waals surface area (Å²) in [5.74, 6) is 0.524. The molecular formula is C11H12ClN5O2. The van der Waals surface area contributed by atoms with Gasteiger partial charge in [-0.25, -0.2) is 4.98 Å². The molecule has 0 fully saturated rings. The fraction of sp³-hybridized carbons (Fsp3) is 0.273. The van der Waals surface area contributed by atoms with Gasteiger partial charge >= 0.3 is 5.82 Å². The number of nitrogens with zero attached hydrogens (tertiary/aromatic N) is 4. The Bertz CT molecular complexity index is 599. The number of nitro groups is 1. The summed E-state index contributed by atoms with van der Waals surface area (Å²) in [6.07, 6.45) is 2.73. The molecule has 2 aromatic heterocycles. The van der Waals surface area contributed by atoms with Crippen molar-refractivity contribution in [3.05, 3.63) is 45.5 Å². The Morgan fingerprint density at radius 2 is 2.32 bits per heavy atom. The van der Waals surface area contributed by atoms with Gasteiger partial charge in [0.15, 0.2) is 0 Å². The van der Waals surface area contributed by atoms with E-state index in [1.54, 1.807) is 16.7 Å². The first-order valence-electron chi connectivity index (χ1n) is 5.65. The molecule has 0 aliphatic carbocycles. The molecule has 0 saturated heterocycles. The first kappa shape index (κ1) is 13.3. The summed E-state index contributed by atoms with van der Waals surface area (Å²) in [4.78, 5) is 18.0. The fourth-order valence-electron chi connectivity index (χ4n) is 1.58. The van der Waals surface area contributed by atoms with E-state index < -0.39 is 4.92 Å². The molecule has 0 amide bonds. The first-order chi connectivity index (χ1) is 9.10. The van der Waals surface area contributed by atoms with Crippen molar-refractivity contribution in [1.29, 1.82) is 0 Å². The number of aromatic nitrogens is 3. The zero-order chi connectivity index (χ0) is 13.8. The summed E-state index contributed by atoms with van der Waals surface area (Å²) in [5.41, 5.74) is 0.632. The Morgan fingerprint density at radius 3 is 2.95 bits per heavy atom. The normalized spacial score (nSPS) is 10.4. The maximum absolute atomic E-state index is 10.6. The number of hydrogen-bond acceptors (Lipinski definition) is 5. The van der Waals surface area contributed by atoms with Gasteiger partial charge in [-0.15, -0.1) is 0 Å². The van der Waals surface area contributed by atoms with Crippen LogP contribution in [0.4, 0.5) is 11.6 Å². The summed E-state index contributed by atoms with van der Waals surface area (Å²) >= 11 is 6.06. The van der Waals surface area contributed by atoms with Gasteiger partial charge in [0, 0.05) is 6.54 Å². The molecule has 0 saturated carbocycles. The molecule has 7 nitrogen and oxygen atoms in total. The standard InChI is InChI=1S/C11H12ClN5O2/c1-2-13-10-4-3-8(12)9(15-10)5-16-6-11(14-7-16)17(18)19/h3-4,6-7H,2,5H2,1H3,(H,13,15). The highest BCUT2D eigenvalue weighted by Gasteiger charge is 2.12. The number of anilines is 1. The molecule has 2 rings (SSSR count). The first-order valence-corrected chi connectivity index (χ1v) is 6.03. The Morgan fingerprint density at radius 1 is 1.53 bits per heavy atom. The van der Waals surface area contributed by atoms with Crippen molar-refractivity contribution in [2.45, 2.75) is 13.5 Å². The van der Waals surface area contributed by atoms with Crippen molar-refractivity contribution in [3.63, 3.8) is 0 Å². The van der Waals surface area contributed by atoms with Crippen molar-refractivity contribution in [2.24, 2.45) is 0 Å². The quantitative estimate of drug-likeness (QED) is 0.671. The highest BCUT2D eigenvalue weighted by molar-refractivity contribution is 6.31. The molecule has 8 heteroatoms. The van der Waals surface area contributed by atoms with Gasteiger partial charge in [0.25, 0.3) is 0 Å². The second-order valence-corrected chi connectivity index (χ2v) is 4.22. The van der Waals surface area contributed by atoms with Crippen LogP contribution in [0.15, 0.2) is 24.7 Å². The molecule has 100 valence electrons. The molecular weight excluding hydrogens is 270 g/mol. The van der Waals surface area contributed by atoms with Crippen molar-refractivity contribution in [2.75, 3.05) is 11.9 Å². The number of hydrogen-bond donors (Lipinski definition) is 1. The molecule has 0 radical (unpaired) electrons. The second-order valence-electron chi connectivity index (χ2n) is 3.82. The lowest BCUT2D eigenvalue weighted by molar-refractivity contribution is -0.389. The molecule has 0 atom stereocenters. The molecule has 2 aromatic rings. The molecule has 0 unspecified atom stereocenters. The summed E-state index contributed by atoms with van der Waals surface area (Å²) < 4.78 is 1.57. The third-order valence-electron chi connectivity index (χ3n) is 2.42. The van der Waals surface area contributed by atoms with Gasteiger partial charge in [-0.05, 0) is 29.0 Å². The Kier molecular flexibility index (Phi) is 3.96. The van der Waals surface area contributed by atoms with E-state index in [0.717, 1.165) is 12.4 Å². The van der Waals surface area contributed by atoms with E-state index in [4.69, 9.17) is 11.6 Å². The number of imidazole rings is 1. The van der Waals surface area contributed by atoms with Crippen LogP contribution >= 0.6 is 11.6 Å². The Hall–Kier alpha value is -2.15. The number of halogens is 1. The van der Waals surface area contributed by atoms with Crippen molar-refractivity contribution in [3.8, 4) is 0 Å². The Balaban J connectivity index is 2.21. The monoisotopic (exact) mass is 281 g/mol. The molecule has 1 N–H and O–H groups in total. The molecule has 0 aromatic carbocycles. The average Bonchev–Trinajstić information content (AvgIpc) is 2.82. The lowest BCUT2D eigenvalue weighted by atomic mass is 10.3. The van der Waals surface area contributed by atoms with E-state index >= 15 is 0 Å². The fourth-order valence-corrected chi connectivity index (χ4v) is 1.74. The Labute approximate surface area is 114 Å². The minimum absolute atomic E-state index is 0.195. The van der Waals surface area contributed by atoms with E-state index in [2.05, 4.69) is 15.3 Å². The van der Waals surface area contributed by atoms with Gasteiger partial charge in [-0.1, -0.05) is 11.6 Å². The van der Waals surface area contributed by atoms with E-state index in [-0.39, 0.29) is 5.82 Å². The summed E-state index contributed by atoms with van der Waals surface area (Å²) in [6, 6.07) is 3.53. The second kappa shape index (κ2) is 5.66. The maximum atomic E-state index is 10.6. The number of pyridine rings is 1. The van der Waals surface area contributed by atoms with Gasteiger partial charge in [0.05, 0.1) is 17.3 Å². The minimum Gasteiger partial charge on any atom is -0.370 e. The minimum atomic E-state index is -0.541. The predicted octanol–water partition coefficient (Wildman–Crippen LogP) is 2.32. The van der Waals surface area contributed by atoms with Crippen molar-refractivity contribution >= 4 is 23.2 Å². The van der Waals surface area contributed by atoms with Crippen LogP contribution in [0.3, 0.4) is 0 Å². The largest absolute Gasteiger partial charge is 0.381 e. The molecule has 0 spiro atoms. The van der Waals surface area contributed by atoms with Crippen LogP contribution in [0.2, 0.25) is 5.02 Å². The van der Waals surface area contributed by atoms with Crippen molar-refractivity contribution in [1.82, 2.24) is 14.5 Å². The van der Waals surface area contributed by atoms with Gasteiger partial charge in [0.2, 0.25) is 6.33 Å². The van der Waals surface area contributed by atoms with E-state index in [0.29, 0.717) is 17.3 Å². The topological polar surface area (TPSA) is 85.9 Å². The molecule has 0 aliphatic heterocycles. The van der Waals surface area contributed by atoms with Gasteiger partial charge in [0.1, 0.15) is 12.0 Å². The molecule has 2 heterocycles. The maximum Gasteiger partial charge on any atom is 0.381 e. The van der Waals surface area contributed by atoms with Gasteiger partial charge in [-0.3, -0.25) is 0 Å². The zero-order valence-corrected chi connectivity index (χ0v) is 11.0. The average molecular weight is 282 g/mol. The lowest BCUT2D eigenvalue weighted by Gasteiger charge is -2.07. The highest BCUT2D eigenvalue weighted by atomic mass is 35.5. The predicted molar refractivity (Wildman–Crippen MR) is 71.4 cm³/mol. The third kappa shape index (κ3) is 3.19. The van der Waals surface area contributed by atoms with Crippen LogP contribution in [-0.4, -0.2) is 26.0 Å². The van der Waals surface area contributed by atoms with Crippen LogP contribution in [0.1, 0.15) is 12.6 Å². The van der Waals surface area contributed by atoms with Crippen LogP contribution in [0, 0.1) is 10.1 Å².